The van der Waals surface area contributed by atoms with E-state index >= 15 is 0 Å². The molecule has 0 atom stereocenters. The molecule has 0 heterocycles. The van der Waals surface area contributed by atoms with E-state index in [0.29, 0.717) is 0 Å². The Bertz CT molecular complexity index is 753. The summed E-state index contributed by atoms with van der Waals surface area (Å²) in [7, 11) is -7.47. The van der Waals surface area contributed by atoms with Crippen molar-refractivity contribution in [2.24, 2.45) is 0 Å². The molecule has 0 radical (unpaired) electrons. The summed E-state index contributed by atoms with van der Waals surface area (Å²) in [6.45, 7) is 0. The van der Waals surface area contributed by atoms with E-state index in [1.807, 2.05) is 0 Å². The van der Waals surface area contributed by atoms with Crippen LogP contribution in [0.3, 0.4) is 0 Å². The lowest BCUT2D eigenvalue weighted by atomic mass is 9.91. The molecule has 0 N–H and O–H groups in total. The van der Waals surface area contributed by atoms with Gasteiger partial charge >= 0.3 is 39.8 Å². The molecule has 156 valence electrons. The van der Waals surface area contributed by atoms with Crippen molar-refractivity contribution in [3.05, 3.63) is 35.4 Å². The quantitative estimate of drug-likeness (QED) is 0.379. The third kappa shape index (κ3) is 4.25. The normalized spacial score (nSPS) is 15.1. The van der Waals surface area contributed by atoms with Gasteiger partial charge in [-0.05, 0) is 12.1 Å². The molecule has 0 amide bonds. The molecule has 0 unspecified atom stereocenters. The summed E-state index contributed by atoms with van der Waals surface area (Å²) >= 11 is 0. The third-order valence-corrected chi connectivity index (χ3v) is 3.97. The van der Waals surface area contributed by atoms with Crippen molar-refractivity contribution in [1.82, 2.24) is 0 Å². The molecular weight excluding hydrogens is 440 g/mol. The summed E-state index contributed by atoms with van der Waals surface area (Å²) in [6, 6.07) is -1.61. The number of benzene rings is 1. The fourth-order valence-corrected chi connectivity index (χ4v) is 2.45. The highest BCUT2D eigenvalue weighted by molar-refractivity contribution is 7.87. The topological polar surface area (TPSA) is 43.4 Å². The van der Waals surface area contributed by atoms with Crippen molar-refractivity contribution in [3.8, 4) is 0 Å². The molecule has 1 aromatic carbocycles. The van der Waals surface area contributed by atoms with Crippen LogP contribution in [0.1, 0.15) is 11.1 Å². The zero-order chi connectivity index (χ0) is 21.7. The van der Waals surface area contributed by atoms with E-state index < -0.39 is 63.0 Å². The molecule has 0 bridgehead atoms. The second-order valence-electron chi connectivity index (χ2n) is 4.74. The van der Waals surface area contributed by atoms with E-state index in [-0.39, 0.29) is 12.1 Å². The van der Waals surface area contributed by atoms with Crippen molar-refractivity contribution in [2.75, 3.05) is 0 Å². The van der Waals surface area contributed by atoms with E-state index in [0.717, 1.165) is 0 Å². The lowest BCUT2D eigenvalue weighted by Gasteiger charge is -2.36. The minimum Gasteiger partial charge on any atom is -0.232 e. The van der Waals surface area contributed by atoms with Crippen LogP contribution < -0.4 is 0 Å². The molecule has 0 aliphatic rings. The molecule has 0 fully saturated rings. The van der Waals surface area contributed by atoms with Crippen LogP contribution >= 0.6 is 0 Å². The molecule has 0 aromatic heterocycles. The fourth-order valence-electron chi connectivity index (χ4n) is 1.74. The highest BCUT2D eigenvalue weighted by Gasteiger charge is 2.77. The monoisotopic (exact) mass is 444 g/mol. The van der Waals surface area contributed by atoms with Gasteiger partial charge in [0.05, 0.1) is 5.56 Å². The molecule has 0 aliphatic heterocycles. The Labute approximate surface area is 141 Å². The lowest BCUT2D eigenvalue weighted by molar-refractivity contribution is -0.365. The number of hydrogen-bond acceptors (Lipinski definition) is 3. The van der Waals surface area contributed by atoms with Gasteiger partial charge in [-0.3, -0.25) is 0 Å². The third-order valence-electron chi connectivity index (χ3n) is 2.94. The second kappa shape index (κ2) is 6.42. The summed E-state index contributed by atoms with van der Waals surface area (Å²) in [6.07, 6.45) is -18.9. The minimum atomic E-state index is -7.47. The van der Waals surface area contributed by atoms with E-state index in [1.165, 1.54) is 0 Å². The van der Waals surface area contributed by atoms with Crippen LogP contribution in [-0.4, -0.2) is 26.3 Å². The Morgan fingerprint density at radius 1 is 0.630 bits per heavy atom. The Balaban J connectivity index is 3.80. The van der Waals surface area contributed by atoms with Crippen molar-refractivity contribution >= 4 is 10.1 Å². The van der Waals surface area contributed by atoms with Gasteiger partial charge in [-0.25, -0.2) is 4.18 Å². The summed E-state index contributed by atoms with van der Waals surface area (Å²) in [4.78, 5) is 0. The van der Waals surface area contributed by atoms with Crippen LogP contribution in [0.4, 0.5) is 52.7 Å². The summed E-state index contributed by atoms with van der Waals surface area (Å²) in [5.74, 6) is 0. The smallest absolute Gasteiger partial charge is 0.232 e. The number of halogens is 12. The number of rotatable bonds is 3. The zero-order valence-electron chi connectivity index (χ0n) is 12.0. The molecule has 1 rings (SSSR count). The first kappa shape index (κ1) is 23.3. The van der Waals surface area contributed by atoms with Gasteiger partial charge in [0, 0.05) is 5.56 Å². The molecule has 27 heavy (non-hydrogen) atoms. The van der Waals surface area contributed by atoms with Crippen LogP contribution in [0.2, 0.25) is 0 Å². The van der Waals surface area contributed by atoms with Gasteiger partial charge in [-0.1, -0.05) is 12.1 Å². The maximum absolute atomic E-state index is 13.1. The van der Waals surface area contributed by atoms with Crippen LogP contribution in [0.15, 0.2) is 24.3 Å². The summed E-state index contributed by atoms with van der Waals surface area (Å²) in [5, 5.41) is 0. The molecule has 1 aromatic rings. The predicted octanol–water partition coefficient (Wildman–Crippen LogP) is 4.89. The van der Waals surface area contributed by atoms with Gasteiger partial charge in [-0.2, -0.15) is 61.1 Å². The zero-order valence-corrected chi connectivity index (χ0v) is 12.8. The Hall–Kier alpha value is -1.71. The highest BCUT2D eigenvalue weighted by Crippen LogP contribution is 2.55. The molecule has 0 saturated carbocycles. The number of hydrogen-bond donors (Lipinski definition) is 0. The standard InChI is InChI=1S/C11H4F12O3S/c12-8(13,14)6-3-1-5(2-4-6)7(9(15,16)17,10(18,19)20)26-27(24,25)11(21,22)23/h1-4H. The summed E-state index contributed by atoms with van der Waals surface area (Å²) < 4.78 is 177. The van der Waals surface area contributed by atoms with Crippen molar-refractivity contribution in [1.29, 1.82) is 0 Å². The van der Waals surface area contributed by atoms with Crippen molar-refractivity contribution in [2.45, 2.75) is 29.6 Å². The molecule has 16 heteroatoms. The van der Waals surface area contributed by atoms with E-state index in [2.05, 4.69) is 4.18 Å². The first-order chi connectivity index (χ1) is 11.7. The fraction of sp³-hybridized carbons (Fsp3) is 0.455. The van der Waals surface area contributed by atoms with Gasteiger partial charge in [0.15, 0.2) is 0 Å². The molecule has 0 aliphatic carbocycles. The van der Waals surface area contributed by atoms with Crippen LogP contribution in [0.5, 0.6) is 0 Å². The molecule has 3 nitrogen and oxygen atoms in total. The van der Waals surface area contributed by atoms with Gasteiger partial charge in [-0.15, -0.1) is 0 Å². The molecule has 0 saturated heterocycles. The van der Waals surface area contributed by atoms with E-state index in [9.17, 15) is 61.1 Å². The summed E-state index contributed by atoms with van der Waals surface area (Å²) in [5.41, 5.74) is -16.9. The SMILES string of the molecule is O=S(=O)(OC(c1ccc(C(F)(F)F)cc1)(C(F)(F)F)C(F)(F)F)C(F)(F)F. The average Bonchev–Trinajstić information content (AvgIpc) is 2.40. The van der Waals surface area contributed by atoms with Crippen LogP contribution in [0, 0.1) is 0 Å². The predicted molar refractivity (Wildman–Crippen MR) is 61.3 cm³/mol. The van der Waals surface area contributed by atoms with Gasteiger partial charge in [0.1, 0.15) is 0 Å². The maximum Gasteiger partial charge on any atom is 0.523 e. The number of alkyl halides is 12. The van der Waals surface area contributed by atoms with Gasteiger partial charge in [0.2, 0.25) is 0 Å². The average molecular weight is 444 g/mol. The second-order valence-corrected chi connectivity index (χ2v) is 6.27. The van der Waals surface area contributed by atoms with E-state index in [4.69, 9.17) is 0 Å². The first-order valence-electron chi connectivity index (χ1n) is 6.00. The van der Waals surface area contributed by atoms with Gasteiger partial charge in [0.25, 0.3) is 0 Å². The minimum absolute atomic E-state index is 0.314. The van der Waals surface area contributed by atoms with Crippen molar-refractivity contribution in [3.63, 3.8) is 0 Å². The Kier molecular flexibility index (Phi) is 5.55. The maximum atomic E-state index is 13.1. The largest absolute Gasteiger partial charge is 0.523 e. The lowest BCUT2D eigenvalue weighted by Crippen LogP contribution is -2.58. The first-order valence-corrected chi connectivity index (χ1v) is 7.41. The Morgan fingerprint density at radius 3 is 1.22 bits per heavy atom. The molecular formula is C11H4F12O3S. The van der Waals surface area contributed by atoms with Crippen molar-refractivity contribution < 1.29 is 65.3 Å². The van der Waals surface area contributed by atoms with E-state index in [1.54, 1.807) is 0 Å². The highest BCUT2D eigenvalue weighted by atomic mass is 32.2. The van der Waals surface area contributed by atoms with Crippen LogP contribution in [0.25, 0.3) is 0 Å². The molecule has 0 spiro atoms. The van der Waals surface area contributed by atoms with Crippen LogP contribution in [-0.2, 0) is 26.1 Å². The van der Waals surface area contributed by atoms with Gasteiger partial charge < -0.3 is 0 Å². The Morgan fingerprint density at radius 2 is 0.963 bits per heavy atom.